The lowest BCUT2D eigenvalue weighted by Gasteiger charge is -2.18. The van der Waals surface area contributed by atoms with Crippen molar-refractivity contribution in [3.63, 3.8) is 0 Å². The molecule has 2 amide bonds. The van der Waals surface area contributed by atoms with E-state index in [0.717, 1.165) is 12.1 Å². The molecule has 5 nitrogen and oxygen atoms in total. The number of nitrogens with one attached hydrogen (secondary N) is 1. The quantitative estimate of drug-likeness (QED) is 0.867. The van der Waals surface area contributed by atoms with Gasteiger partial charge in [-0.15, -0.1) is 0 Å². The summed E-state index contributed by atoms with van der Waals surface area (Å²) in [6.45, 7) is 1.33. The van der Waals surface area contributed by atoms with Crippen molar-refractivity contribution in [2.24, 2.45) is 5.73 Å². The van der Waals surface area contributed by atoms with Crippen LogP contribution in [-0.4, -0.2) is 17.9 Å². The summed E-state index contributed by atoms with van der Waals surface area (Å²) in [5.74, 6) is -1.68. The van der Waals surface area contributed by atoms with Crippen molar-refractivity contribution in [3.8, 4) is 5.75 Å². The Morgan fingerprint density at radius 3 is 2.24 bits per heavy atom. The first-order chi connectivity index (χ1) is 11.7. The largest absolute Gasteiger partial charge is 0.480 e. The van der Waals surface area contributed by atoms with E-state index in [9.17, 15) is 22.8 Å². The van der Waals surface area contributed by atoms with Crippen molar-refractivity contribution < 1.29 is 27.5 Å². The SMILES string of the molecule is C[C@H](Oc1ccccc1C(F)(F)F)C(=O)Nc1ccc(C(N)=O)cc1. The second-order valence-corrected chi connectivity index (χ2v) is 5.18. The third kappa shape index (κ3) is 4.72. The Hall–Kier alpha value is -3.03. The first kappa shape index (κ1) is 18.3. The maximum Gasteiger partial charge on any atom is 0.419 e. The number of rotatable bonds is 5. The zero-order chi connectivity index (χ0) is 18.6. The van der Waals surface area contributed by atoms with E-state index in [1.807, 2.05) is 0 Å². The number of halogens is 3. The van der Waals surface area contributed by atoms with Gasteiger partial charge in [-0.05, 0) is 43.3 Å². The van der Waals surface area contributed by atoms with Gasteiger partial charge < -0.3 is 15.8 Å². The van der Waals surface area contributed by atoms with Crippen LogP contribution in [0.3, 0.4) is 0 Å². The summed E-state index contributed by atoms with van der Waals surface area (Å²) in [5, 5.41) is 2.49. The van der Waals surface area contributed by atoms with Gasteiger partial charge in [0.1, 0.15) is 5.75 Å². The van der Waals surface area contributed by atoms with Crippen LogP contribution < -0.4 is 15.8 Å². The minimum Gasteiger partial charge on any atom is -0.480 e. The smallest absolute Gasteiger partial charge is 0.419 e. The molecule has 0 fully saturated rings. The highest BCUT2D eigenvalue weighted by molar-refractivity contribution is 5.96. The number of ether oxygens (including phenoxy) is 1. The molecule has 0 radical (unpaired) electrons. The minimum atomic E-state index is -4.59. The molecular weight excluding hydrogens is 337 g/mol. The van der Waals surface area contributed by atoms with Crippen LogP contribution >= 0.6 is 0 Å². The Bertz CT molecular complexity index is 773. The fourth-order valence-electron chi connectivity index (χ4n) is 2.01. The molecule has 3 N–H and O–H groups in total. The van der Waals surface area contributed by atoms with Gasteiger partial charge in [0.25, 0.3) is 5.91 Å². The maximum absolute atomic E-state index is 12.9. The zero-order valence-electron chi connectivity index (χ0n) is 13.1. The van der Waals surface area contributed by atoms with Crippen LogP contribution in [0.15, 0.2) is 48.5 Å². The Kier molecular flexibility index (Phi) is 5.31. The van der Waals surface area contributed by atoms with Crippen molar-refractivity contribution in [1.82, 2.24) is 0 Å². The van der Waals surface area contributed by atoms with Gasteiger partial charge in [0.15, 0.2) is 6.10 Å². The summed E-state index contributed by atoms with van der Waals surface area (Å²) in [7, 11) is 0. The molecule has 0 saturated heterocycles. The second-order valence-electron chi connectivity index (χ2n) is 5.18. The van der Waals surface area contributed by atoms with E-state index in [-0.39, 0.29) is 5.56 Å². The highest BCUT2D eigenvalue weighted by Crippen LogP contribution is 2.36. The van der Waals surface area contributed by atoms with E-state index in [1.165, 1.54) is 43.3 Å². The second kappa shape index (κ2) is 7.25. The Morgan fingerprint density at radius 1 is 1.08 bits per heavy atom. The van der Waals surface area contributed by atoms with Crippen molar-refractivity contribution in [2.75, 3.05) is 5.32 Å². The number of amides is 2. The van der Waals surface area contributed by atoms with E-state index in [4.69, 9.17) is 10.5 Å². The summed E-state index contributed by atoms with van der Waals surface area (Å²) in [6, 6.07) is 10.4. The number of alkyl halides is 3. The van der Waals surface area contributed by atoms with Gasteiger partial charge in [0.2, 0.25) is 5.91 Å². The highest BCUT2D eigenvalue weighted by atomic mass is 19.4. The van der Waals surface area contributed by atoms with Crippen LogP contribution in [0.4, 0.5) is 18.9 Å². The molecule has 0 aliphatic heterocycles. The van der Waals surface area contributed by atoms with Crippen molar-refractivity contribution >= 4 is 17.5 Å². The third-order valence-corrected chi connectivity index (χ3v) is 3.30. The molecular formula is C17H15F3N2O3. The molecule has 0 spiro atoms. The molecule has 0 bridgehead atoms. The van der Waals surface area contributed by atoms with Gasteiger partial charge in [-0.1, -0.05) is 12.1 Å². The van der Waals surface area contributed by atoms with Crippen LogP contribution in [0.25, 0.3) is 0 Å². The predicted molar refractivity (Wildman–Crippen MR) is 85.1 cm³/mol. The molecule has 0 aliphatic rings. The van der Waals surface area contributed by atoms with Gasteiger partial charge in [0.05, 0.1) is 5.56 Å². The molecule has 0 unspecified atom stereocenters. The lowest BCUT2D eigenvalue weighted by atomic mass is 10.2. The third-order valence-electron chi connectivity index (χ3n) is 3.30. The number of para-hydroxylation sites is 1. The van der Waals surface area contributed by atoms with Crippen LogP contribution in [0.1, 0.15) is 22.8 Å². The normalized spacial score (nSPS) is 12.3. The van der Waals surface area contributed by atoms with Gasteiger partial charge in [-0.3, -0.25) is 9.59 Å². The molecule has 0 saturated carbocycles. The van der Waals surface area contributed by atoms with E-state index >= 15 is 0 Å². The fourth-order valence-corrected chi connectivity index (χ4v) is 2.01. The molecule has 8 heteroatoms. The molecule has 0 heterocycles. The van der Waals surface area contributed by atoms with Crippen molar-refractivity contribution in [3.05, 3.63) is 59.7 Å². The summed E-state index contributed by atoms with van der Waals surface area (Å²) in [4.78, 5) is 23.1. The van der Waals surface area contributed by atoms with Crippen LogP contribution in [-0.2, 0) is 11.0 Å². The lowest BCUT2D eigenvalue weighted by molar-refractivity contribution is -0.140. The summed E-state index contributed by atoms with van der Waals surface area (Å²) < 4.78 is 44.0. The number of nitrogens with two attached hydrogens (primary N) is 1. The molecule has 1 atom stereocenters. The summed E-state index contributed by atoms with van der Waals surface area (Å²) in [5.41, 5.74) is 4.77. The first-order valence-electron chi connectivity index (χ1n) is 7.22. The number of primary amides is 1. The summed E-state index contributed by atoms with van der Waals surface area (Å²) in [6.07, 6.45) is -5.75. The van der Waals surface area contributed by atoms with Crippen LogP contribution in [0, 0.1) is 0 Å². The minimum absolute atomic E-state index is 0.265. The fraction of sp³-hybridized carbons (Fsp3) is 0.176. The molecule has 2 aromatic carbocycles. The number of hydrogen-bond donors (Lipinski definition) is 2. The molecule has 0 aliphatic carbocycles. The van der Waals surface area contributed by atoms with Gasteiger partial charge in [-0.2, -0.15) is 13.2 Å². The van der Waals surface area contributed by atoms with E-state index in [2.05, 4.69) is 5.32 Å². The summed E-state index contributed by atoms with van der Waals surface area (Å²) >= 11 is 0. The van der Waals surface area contributed by atoms with E-state index in [1.54, 1.807) is 0 Å². The average molecular weight is 352 g/mol. The number of carbonyl (C=O) groups is 2. The van der Waals surface area contributed by atoms with Gasteiger partial charge in [0, 0.05) is 11.3 Å². The van der Waals surface area contributed by atoms with Gasteiger partial charge >= 0.3 is 6.18 Å². The van der Waals surface area contributed by atoms with Gasteiger partial charge in [-0.25, -0.2) is 0 Å². The monoisotopic (exact) mass is 352 g/mol. The maximum atomic E-state index is 12.9. The first-order valence-corrected chi connectivity index (χ1v) is 7.22. The van der Waals surface area contributed by atoms with Crippen molar-refractivity contribution in [1.29, 1.82) is 0 Å². The standard InChI is InChI=1S/C17H15F3N2O3/c1-10(25-14-5-3-2-4-13(14)17(18,19)20)16(24)22-12-8-6-11(7-9-12)15(21)23/h2-10H,1H3,(H2,21,23)(H,22,24)/t10-/m0/s1. The number of anilines is 1. The predicted octanol–water partition coefficient (Wildman–Crippen LogP) is 3.21. The molecule has 132 valence electrons. The molecule has 25 heavy (non-hydrogen) atoms. The number of carbonyl (C=O) groups excluding carboxylic acids is 2. The van der Waals surface area contributed by atoms with Crippen LogP contribution in [0.5, 0.6) is 5.75 Å². The van der Waals surface area contributed by atoms with Crippen LogP contribution in [0.2, 0.25) is 0 Å². The Balaban J connectivity index is 2.07. The number of benzene rings is 2. The number of hydrogen-bond acceptors (Lipinski definition) is 3. The van der Waals surface area contributed by atoms with E-state index in [0.29, 0.717) is 5.69 Å². The van der Waals surface area contributed by atoms with Crippen molar-refractivity contribution in [2.45, 2.75) is 19.2 Å². The topological polar surface area (TPSA) is 81.4 Å². The Morgan fingerprint density at radius 2 is 1.68 bits per heavy atom. The zero-order valence-corrected chi connectivity index (χ0v) is 13.1. The Labute approximate surface area is 141 Å². The molecule has 2 rings (SSSR count). The lowest BCUT2D eigenvalue weighted by Crippen LogP contribution is -2.30. The van der Waals surface area contributed by atoms with E-state index < -0.39 is 35.4 Å². The average Bonchev–Trinajstić information content (AvgIpc) is 2.54. The molecule has 2 aromatic rings. The molecule has 0 aromatic heterocycles. The highest BCUT2D eigenvalue weighted by Gasteiger charge is 2.34.